The summed E-state index contributed by atoms with van der Waals surface area (Å²) in [6.45, 7) is 10.1. The zero-order valence-corrected chi connectivity index (χ0v) is 22.2. The lowest BCUT2D eigenvalue weighted by Crippen LogP contribution is -2.72. The molecule has 1 saturated carbocycles. The van der Waals surface area contributed by atoms with E-state index in [1.54, 1.807) is 13.0 Å². The second-order valence-electron chi connectivity index (χ2n) is 11.4. The summed E-state index contributed by atoms with van der Waals surface area (Å²) in [5, 5.41) is 23.0. The van der Waals surface area contributed by atoms with Gasteiger partial charge in [-0.15, -0.1) is 0 Å². The van der Waals surface area contributed by atoms with Gasteiger partial charge in [-0.1, -0.05) is 12.5 Å². The Kier molecular flexibility index (Phi) is 6.53. The molecule has 2 aliphatic carbocycles. The van der Waals surface area contributed by atoms with Crippen molar-refractivity contribution in [3.63, 3.8) is 0 Å². The van der Waals surface area contributed by atoms with E-state index in [0.717, 1.165) is 5.57 Å². The molecular formula is C26H36O11. The van der Waals surface area contributed by atoms with Crippen LogP contribution in [0.4, 0.5) is 0 Å². The number of aliphatic hydroxyl groups is 2. The fourth-order valence-electron chi connectivity index (χ4n) is 6.94. The number of carbonyl (C=O) groups is 4. The first-order chi connectivity index (χ1) is 17.0. The van der Waals surface area contributed by atoms with Crippen LogP contribution in [-0.4, -0.2) is 81.4 Å². The largest absolute Gasteiger partial charge is 0.462 e. The summed E-state index contributed by atoms with van der Waals surface area (Å²) >= 11 is 0. The smallest absolute Gasteiger partial charge is 0.342 e. The summed E-state index contributed by atoms with van der Waals surface area (Å²) in [5.41, 5.74) is -5.58. The number of hydrogen-bond acceptors (Lipinski definition) is 11. The van der Waals surface area contributed by atoms with E-state index in [1.165, 1.54) is 34.6 Å². The molecule has 2 heterocycles. The number of rotatable bonds is 3. The van der Waals surface area contributed by atoms with E-state index in [1.807, 2.05) is 6.92 Å². The topological polar surface area (TPSA) is 158 Å². The number of ether oxygens (including phenoxy) is 5. The molecule has 0 amide bonds. The predicted molar refractivity (Wildman–Crippen MR) is 125 cm³/mol. The highest BCUT2D eigenvalue weighted by molar-refractivity contribution is 5.89. The van der Waals surface area contributed by atoms with Crippen molar-refractivity contribution in [1.82, 2.24) is 0 Å². The number of allylic oxidation sites excluding steroid dienone is 1. The SMILES string of the molecule is CC(=O)O[C@H]1C[C@@H](O)[C@@](C)(O)[C@@H]2[C@@H](OC(C)=O)[C@]34OC3(C)C(=O)O[C@H]4/C=C(/C)CC[C@@H](OC(C)=O)[C@@]12C. The third kappa shape index (κ3) is 3.97. The van der Waals surface area contributed by atoms with Gasteiger partial charge in [0.1, 0.15) is 18.3 Å². The van der Waals surface area contributed by atoms with Gasteiger partial charge in [0.05, 0.1) is 17.1 Å². The first-order valence-electron chi connectivity index (χ1n) is 12.5. The Labute approximate surface area is 215 Å². The Bertz CT molecular complexity index is 1050. The van der Waals surface area contributed by atoms with Crippen molar-refractivity contribution in [2.75, 3.05) is 0 Å². The summed E-state index contributed by atoms with van der Waals surface area (Å²) in [7, 11) is 0. The maximum absolute atomic E-state index is 13.0. The van der Waals surface area contributed by atoms with Gasteiger partial charge in [-0.3, -0.25) is 14.4 Å². The molecule has 1 spiro atoms. The van der Waals surface area contributed by atoms with Gasteiger partial charge in [0, 0.05) is 33.1 Å². The van der Waals surface area contributed by atoms with Gasteiger partial charge in [0.15, 0.2) is 17.3 Å². The molecule has 1 unspecified atom stereocenters. The van der Waals surface area contributed by atoms with E-state index in [2.05, 4.69) is 0 Å². The van der Waals surface area contributed by atoms with E-state index in [0.29, 0.717) is 6.42 Å². The third-order valence-corrected chi connectivity index (χ3v) is 8.79. The first kappa shape index (κ1) is 27.5. The molecule has 0 bridgehead atoms. The van der Waals surface area contributed by atoms with Crippen LogP contribution in [0.2, 0.25) is 0 Å². The molecule has 0 aromatic rings. The van der Waals surface area contributed by atoms with E-state index >= 15 is 0 Å². The van der Waals surface area contributed by atoms with Crippen LogP contribution in [0.25, 0.3) is 0 Å². The quantitative estimate of drug-likeness (QED) is 0.236. The summed E-state index contributed by atoms with van der Waals surface area (Å²) in [6.07, 6.45) is -3.49. The van der Waals surface area contributed by atoms with Crippen molar-refractivity contribution in [2.45, 2.75) is 115 Å². The summed E-state index contributed by atoms with van der Waals surface area (Å²) < 4.78 is 29.2. The number of fused-ring (bicyclic) bond motifs is 1. The second kappa shape index (κ2) is 8.78. The number of epoxide rings is 1. The van der Waals surface area contributed by atoms with E-state index in [-0.39, 0.29) is 12.8 Å². The normalized spacial score (nSPS) is 48.1. The number of carbonyl (C=O) groups excluding carboxylic acids is 4. The molecule has 37 heavy (non-hydrogen) atoms. The highest BCUT2D eigenvalue weighted by atomic mass is 16.7. The van der Waals surface area contributed by atoms with Crippen molar-refractivity contribution in [3.05, 3.63) is 11.6 Å². The Morgan fingerprint density at radius 1 is 1.00 bits per heavy atom. The summed E-state index contributed by atoms with van der Waals surface area (Å²) in [4.78, 5) is 50.0. The molecular weight excluding hydrogens is 488 g/mol. The van der Waals surface area contributed by atoms with Gasteiger partial charge in [-0.05, 0) is 39.7 Å². The highest BCUT2D eigenvalue weighted by Gasteiger charge is 2.88. The molecule has 3 fully saturated rings. The molecule has 2 aliphatic heterocycles. The van der Waals surface area contributed by atoms with E-state index < -0.39 is 82.5 Å². The van der Waals surface area contributed by atoms with Crippen molar-refractivity contribution < 1.29 is 53.1 Å². The van der Waals surface area contributed by atoms with E-state index in [4.69, 9.17) is 23.7 Å². The average Bonchev–Trinajstić information content (AvgIpc) is 3.34. The zero-order valence-electron chi connectivity index (χ0n) is 22.2. The van der Waals surface area contributed by atoms with Crippen molar-refractivity contribution >= 4 is 23.9 Å². The molecule has 0 aromatic carbocycles. The molecule has 2 saturated heterocycles. The molecule has 4 aliphatic rings. The Morgan fingerprint density at radius 3 is 2.11 bits per heavy atom. The van der Waals surface area contributed by atoms with E-state index in [9.17, 15) is 29.4 Å². The molecule has 206 valence electrons. The van der Waals surface area contributed by atoms with Gasteiger partial charge in [-0.25, -0.2) is 4.79 Å². The van der Waals surface area contributed by atoms with Gasteiger partial charge in [-0.2, -0.15) is 0 Å². The monoisotopic (exact) mass is 524 g/mol. The molecule has 2 N–H and O–H groups in total. The number of esters is 4. The van der Waals surface area contributed by atoms with Gasteiger partial charge in [0.25, 0.3) is 0 Å². The maximum Gasteiger partial charge on any atom is 0.342 e. The fourth-order valence-corrected chi connectivity index (χ4v) is 6.94. The lowest BCUT2D eigenvalue weighted by Gasteiger charge is -2.59. The Hall–Kier alpha value is -2.50. The lowest BCUT2D eigenvalue weighted by molar-refractivity contribution is -0.274. The Balaban J connectivity index is 2.03. The van der Waals surface area contributed by atoms with Crippen LogP contribution < -0.4 is 0 Å². The summed E-state index contributed by atoms with van der Waals surface area (Å²) in [5.74, 6) is -3.83. The van der Waals surface area contributed by atoms with Crippen LogP contribution in [0.3, 0.4) is 0 Å². The first-order valence-corrected chi connectivity index (χ1v) is 12.5. The van der Waals surface area contributed by atoms with Crippen LogP contribution in [-0.2, 0) is 42.9 Å². The van der Waals surface area contributed by atoms with Crippen LogP contribution in [0, 0.1) is 11.3 Å². The molecule has 11 heteroatoms. The van der Waals surface area contributed by atoms with Crippen molar-refractivity contribution in [1.29, 1.82) is 0 Å². The predicted octanol–water partition coefficient (Wildman–Crippen LogP) is 1.11. The standard InChI is InChI=1S/C26H36O11/c1-12-8-9-17(33-13(2)27)23(5)18(34-14(3)28)11-16(30)24(6,32)20(23)21(35-15(4)29)26-19(10-12)36-22(31)25(26,7)37-26/h10,16-21,30,32H,8-9,11H2,1-7H3/b12-10-/t16-,17-,18+,19+,20-,21-,23+,24-,25?,26+/m1/s1. The Morgan fingerprint density at radius 2 is 1.57 bits per heavy atom. The molecule has 0 radical (unpaired) electrons. The highest BCUT2D eigenvalue weighted by Crippen LogP contribution is 2.66. The van der Waals surface area contributed by atoms with Crippen LogP contribution in [0.15, 0.2) is 11.6 Å². The number of aliphatic hydroxyl groups excluding tert-OH is 1. The molecule has 0 aromatic heterocycles. The van der Waals surface area contributed by atoms with Gasteiger partial charge in [0.2, 0.25) is 0 Å². The second-order valence-corrected chi connectivity index (χ2v) is 11.4. The zero-order chi connectivity index (χ0) is 27.7. The van der Waals surface area contributed by atoms with Crippen LogP contribution in [0.1, 0.15) is 67.7 Å². The lowest BCUT2D eigenvalue weighted by atomic mass is 9.51. The van der Waals surface area contributed by atoms with Crippen LogP contribution in [0.5, 0.6) is 0 Å². The van der Waals surface area contributed by atoms with Gasteiger partial charge >= 0.3 is 23.9 Å². The number of hydrogen-bond donors (Lipinski definition) is 2. The van der Waals surface area contributed by atoms with Gasteiger partial charge < -0.3 is 33.9 Å². The maximum atomic E-state index is 13.0. The minimum atomic E-state index is -1.96. The third-order valence-electron chi connectivity index (χ3n) is 8.79. The molecule has 11 nitrogen and oxygen atoms in total. The van der Waals surface area contributed by atoms with Crippen molar-refractivity contribution in [3.8, 4) is 0 Å². The average molecular weight is 525 g/mol. The van der Waals surface area contributed by atoms with Crippen molar-refractivity contribution in [2.24, 2.45) is 11.3 Å². The van der Waals surface area contributed by atoms with Crippen LogP contribution >= 0.6 is 0 Å². The fraction of sp³-hybridized carbons (Fsp3) is 0.769. The molecule has 4 rings (SSSR count). The molecule has 10 atom stereocenters. The minimum absolute atomic E-state index is 0.164. The summed E-state index contributed by atoms with van der Waals surface area (Å²) in [6, 6.07) is 0. The minimum Gasteiger partial charge on any atom is -0.462 e.